The minimum Gasteiger partial charge on any atom is -0.336 e. The van der Waals surface area contributed by atoms with E-state index in [9.17, 15) is 0 Å². The molecule has 0 aromatic carbocycles. The van der Waals surface area contributed by atoms with Crippen LogP contribution in [-0.4, -0.2) is 37.6 Å². The van der Waals surface area contributed by atoms with Gasteiger partial charge in [-0.2, -0.15) is 0 Å². The van der Waals surface area contributed by atoms with Crippen molar-refractivity contribution >= 4 is 0 Å². The van der Waals surface area contributed by atoms with Crippen LogP contribution in [0, 0.1) is 11.8 Å². The first-order chi connectivity index (χ1) is 5.83. The Balaban J connectivity index is 2.17. The Bertz CT molecular complexity index is 172. The van der Waals surface area contributed by atoms with E-state index >= 15 is 0 Å². The fraction of sp³-hybridized carbons (Fsp3) is 0.800. The third-order valence-corrected chi connectivity index (χ3v) is 2.33. The van der Waals surface area contributed by atoms with E-state index in [2.05, 4.69) is 36.0 Å². The van der Waals surface area contributed by atoms with Gasteiger partial charge >= 0.3 is 0 Å². The Kier molecular flexibility index (Phi) is 4.13. The predicted octanol–water partition coefficient (Wildman–Crippen LogP) is -0.333. The van der Waals surface area contributed by atoms with Gasteiger partial charge < -0.3 is 5.32 Å². The van der Waals surface area contributed by atoms with Crippen molar-refractivity contribution in [2.45, 2.75) is 25.8 Å². The summed E-state index contributed by atoms with van der Waals surface area (Å²) in [5, 5.41) is 2.14. The Morgan fingerprint density at radius 1 is 1.42 bits per heavy atom. The summed E-state index contributed by atoms with van der Waals surface area (Å²) >= 11 is 0. The van der Waals surface area contributed by atoms with Gasteiger partial charge in [0.2, 0.25) is 0 Å². The van der Waals surface area contributed by atoms with Crippen molar-refractivity contribution in [2.24, 2.45) is 0 Å². The Morgan fingerprint density at radius 2 is 2.08 bits per heavy atom. The molecule has 2 N–H and O–H groups in total. The molecule has 1 aliphatic rings. The average Bonchev–Trinajstić information content (AvgIpc) is 2.57. The Hall–Kier alpha value is -0.520. The van der Waals surface area contributed by atoms with Crippen LogP contribution < -0.4 is 5.32 Å². The van der Waals surface area contributed by atoms with Crippen LogP contribution in [0.2, 0.25) is 0 Å². The molecule has 0 aromatic rings. The monoisotopic (exact) mass is 167 g/mol. The highest BCUT2D eigenvalue weighted by molar-refractivity contribution is 5.04. The van der Waals surface area contributed by atoms with Gasteiger partial charge in [-0.15, -0.1) is 0 Å². The summed E-state index contributed by atoms with van der Waals surface area (Å²) in [7, 11) is 2.06. The topological polar surface area (TPSA) is 19.9 Å². The second kappa shape index (κ2) is 5.18. The summed E-state index contributed by atoms with van der Waals surface area (Å²) in [6.45, 7) is 5.60. The van der Waals surface area contributed by atoms with E-state index in [4.69, 9.17) is 0 Å². The van der Waals surface area contributed by atoms with Crippen molar-refractivity contribution in [1.29, 1.82) is 0 Å². The Morgan fingerprint density at radius 3 is 2.67 bits per heavy atom. The zero-order valence-corrected chi connectivity index (χ0v) is 8.14. The largest absolute Gasteiger partial charge is 0.336 e. The number of hydrogen-bond donors (Lipinski definition) is 1. The van der Waals surface area contributed by atoms with Gasteiger partial charge in [-0.05, 0) is 38.8 Å². The van der Waals surface area contributed by atoms with Crippen LogP contribution in [0.25, 0.3) is 0 Å². The number of quaternary nitrogens is 1. The first kappa shape index (κ1) is 9.57. The van der Waals surface area contributed by atoms with Crippen molar-refractivity contribution in [3.05, 3.63) is 0 Å². The van der Waals surface area contributed by atoms with E-state index < -0.39 is 0 Å². The summed E-state index contributed by atoms with van der Waals surface area (Å²) in [5.74, 6) is 6.43. The molecule has 0 aliphatic carbocycles. The van der Waals surface area contributed by atoms with Crippen LogP contribution in [0.1, 0.15) is 19.8 Å². The molecule has 1 aliphatic heterocycles. The maximum absolute atomic E-state index is 3.22. The molecule has 1 fully saturated rings. The molecule has 1 rings (SSSR count). The molecule has 2 heteroatoms. The summed E-state index contributed by atoms with van der Waals surface area (Å²) in [4.78, 5) is 2.43. The summed E-state index contributed by atoms with van der Waals surface area (Å²) in [6.07, 6.45) is 2.72. The van der Waals surface area contributed by atoms with Crippen molar-refractivity contribution < 1.29 is 5.32 Å². The van der Waals surface area contributed by atoms with Crippen molar-refractivity contribution in [1.82, 2.24) is 4.90 Å². The van der Waals surface area contributed by atoms with Gasteiger partial charge in [0.1, 0.15) is 6.04 Å². The third-order valence-electron chi connectivity index (χ3n) is 2.33. The first-order valence-corrected chi connectivity index (χ1v) is 4.83. The van der Waals surface area contributed by atoms with Gasteiger partial charge in [-0.1, -0.05) is 5.92 Å². The molecule has 0 saturated carbocycles. The molecule has 1 unspecified atom stereocenters. The standard InChI is InChI=1S/C10H18N2/c1-10(11-2)6-5-9-12-7-3-4-8-12/h10-11H,3-4,7-9H2,1-2H3/p+1. The number of nitrogens with zero attached hydrogens (tertiary/aromatic N) is 1. The number of hydrogen-bond acceptors (Lipinski definition) is 1. The molecule has 0 spiro atoms. The molecule has 12 heavy (non-hydrogen) atoms. The first-order valence-electron chi connectivity index (χ1n) is 4.83. The Labute approximate surface area is 75.3 Å². The highest BCUT2D eigenvalue weighted by atomic mass is 15.1. The molecule has 0 aromatic heterocycles. The zero-order chi connectivity index (χ0) is 8.81. The molecule has 68 valence electrons. The van der Waals surface area contributed by atoms with Crippen LogP contribution in [0.15, 0.2) is 0 Å². The van der Waals surface area contributed by atoms with Gasteiger partial charge in [-0.25, -0.2) is 0 Å². The molecule has 0 radical (unpaired) electrons. The molecule has 0 amide bonds. The number of likely N-dealkylation sites (tertiary alicyclic amines) is 1. The lowest BCUT2D eigenvalue weighted by atomic mass is 10.3. The van der Waals surface area contributed by atoms with Crippen LogP contribution in [0.3, 0.4) is 0 Å². The van der Waals surface area contributed by atoms with E-state index in [0.717, 1.165) is 6.54 Å². The SMILES string of the molecule is C[NH2+]C(C)C#CCN1CCCC1. The van der Waals surface area contributed by atoms with E-state index in [1.807, 2.05) is 0 Å². The molecule has 1 heterocycles. The molecular weight excluding hydrogens is 148 g/mol. The smallest absolute Gasteiger partial charge is 0.144 e. The highest BCUT2D eigenvalue weighted by Gasteiger charge is 2.08. The molecular formula is C10H19N2+. The normalized spacial score (nSPS) is 20.2. The molecule has 0 bridgehead atoms. The van der Waals surface area contributed by atoms with Crippen LogP contribution in [0.5, 0.6) is 0 Å². The predicted molar refractivity (Wildman–Crippen MR) is 50.8 cm³/mol. The third kappa shape index (κ3) is 3.25. The summed E-state index contributed by atoms with van der Waals surface area (Å²) in [6, 6.07) is 0.451. The van der Waals surface area contributed by atoms with Crippen molar-refractivity contribution in [3.8, 4) is 11.8 Å². The van der Waals surface area contributed by atoms with Crippen molar-refractivity contribution in [3.63, 3.8) is 0 Å². The van der Waals surface area contributed by atoms with Crippen LogP contribution >= 0.6 is 0 Å². The zero-order valence-electron chi connectivity index (χ0n) is 8.14. The average molecular weight is 167 g/mol. The minimum atomic E-state index is 0.451. The highest BCUT2D eigenvalue weighted by Crippen LogP contribution is 2.05. The lowest BCUT2D eigenvalue weighted by molar-refractivity contribution is -0.646. The molecule has 2 nitrogen and oxygen atoms in total. The second-order valence-corrected chi connectivity index (χ2v) is 3.43. The quantitative estimate of drug-likeness (QED) is 0.558. The van der Waals surface area contributed by atoms with E-state index in [0.29, 0.717) is 6.04 Å². The van der Waals surface area contributed by atoms with Gasteiger partial charge in [0.15, 0.2) is 0 Å². The maximum atomic E-state index is 3.22. The van der Waals surface area contributed by atoms with Crippen LogP contribution in [0.4, 0.5) is 0 Å². The fourth-order valence-electron chi connectivity index (χ4n) is 1.34. The summed E-state index contributed by atoms with van der Waals surface area (Å²) in [5.41, 5.74) is 0. The van der Waals surface area contributed by atoms with Gasteiger partial charge in [0, 0.05) is 0 Å². The van der Waals surface area contributed by atoms with E-state index in [-0.39, 0.29) is 0 Å². The minimum absolute atomic E-state index is 0.451. The van der Waals surface area contributed by atoms with E-state index in [1.54, 1.807) is 0 Å². The molecule has 1 saturated heterocycles. The van der Waals surface area contributed by atoms with Gasteiger partial charge in [0.05, 0.1) is 13.6 Å². The van der Waals surface area contributed by atoms with Gasteiger partial charge in [0.25, 0.3) is 0 Å². The number of rotatable bonds is 2. The lowest BCUT2D eigenvalue weighted by Crippen LogP contribution is -2.84. The van der Waals surface area contributed by atoms with Crippen molar-refractivity contribution in [2.75, 3.05) is 26.7 Å². The molecule has 1 atom stereocenters. The van der Waals surface area contributed by atoms with E-state index in [1.165, 1.54) is 25.9 Å². The lowest BCUT2D eigenvalue weighted by Gasteiger charge is -2.08. The second-order valence-electron chi connectivity index (χ2n) is 3.43. The van der Waals surface area contributed by atoms with Crippen LogP contribution in [-0.2, 0) is 0 Å². The number of nitrogens with two attached hydrogens (primary N) is 1. The summed E-state index contributed by atoms with van der Waals surface area (Å²) < 4.78 is 0. The maximum Gasteiger partial charge on any atom is 0.144 e. The van der Waals surface area contributed by atoms with Gasteiger partial charge in [-0.3, -0.25) is 4.90 Å². The fourth-order valence-corrected chi connectivity index (χ4v) is 1.34.